The molecule has 3 aromatic rings. The van der Waals surface area contributed by atoms with Crippen molar-refractivity contribution < 1.29 is 28.6 Å². The van der Waals surface area contributed by atoms with Crippen molar-refractivity contribution in [1.29, 1.82) is 0 Å². The van der Waals surface area contributed by atoms with Gasteiger partial charge in [-0.1, -0.05) is 29.8 Å². The third-order valence-corrected chi connectivity index (χ3v) is 5.73. The molecule has 1 atom stereocenters. The van der Waals surface area contributed by atoms with E-state index in [1.54, 1.807) is 24.3 Å². The van der Waals surface area contributed by atoms with Gasteiger partial charge < -0.3 is 14.6 Å². The smallest absolute Gasteiger partial charge is 0.300 e. The molecule has 1 N–H and O–H groups in total. The third-order valence-electron chi connectivity index (χ3n) is 5.73. The zero-order valence-corrected chi connectivity index (χ0v) is 19.7. The van der Waals surface area contributed by atoms with Gasteiger partial charge in [-0.3, -0.25) is 14.5 Å². The molecule has 6 nitrogen and oxygen atoms in total. The number of carbonyl (C=O) groups is 2. The number of rotatable bonds is 7. The van der Waals surface area contributed by atoms with Gasteiger partial charge in [0.2, 0.25) is 0 Å². The Hall–Kier alpha value is -4.13. The summed E-state index contributed by atoms with van der Waals surface area (Å²) in [5.41, 5.74) is 2.17. The number of aliphatic hydroxyl groups is 1. The van der Waals surface area contributed by atoms with Crippen LogP contribution in [0.2, 0.25) is 0 Å². The monoisotopic (exact) mass is 475 g/mol. The van der Waals surface area contributed by atoms with Crippen molar-refractivity contribution in [3.05, 3.63) is 94.8 Å². The van der Waals surface area contributed by atoms with E-state index in [2.05, 4.69) is 0 Å². The highest BCUT2D eigenvalue weighted by Gasteiger charge is 2.47. The summed E-state index contributed by atoms with van der Waals surface area (Å²) < 4.78 is 24.8. The summed E-state index contributed by atoms with van der Waals surface area (Å²) in [6.07, 6.45) is 0. The van der Waals surface area contributed by atoms with Gasteiger partial charge in [0.05, 0.1) is 24.8 Å². The van der Waals surface area contributed by atoms with E-state index in [4.69, 9.17) is 9.47 Å². The zero-order chi connectivity index (χ0) is 25.1. The molecule has 0 aliphatic carbocycles. The Morgan fingerprint density at radius 2 is 1.63 bits per heavy atom. The molecule has 0 saturated carbocycles. The minimum absolute atomic E-state index is 0.0703. The van der Waals surface area contributed by atoms with E-state index in [0.29, 0.717) is 36.0 Å². The lowest BCUT2D eigenvalue weighted by molar-refractivity contribution is -0.132. The number of ketones is 1. The van der Waals surface area contributed by atoms with Crippen molar-refractivity contribution in [2.45, 2.75) is 26.8 Å². The van der Waals surface area contributed by atoms with Crippen LogP contribution in [0.25, 0.3) is 5.76 Å². The van der Waals surface area contributed by atoms with E-state index < -0.39 is 23.5 Å². The number of ether oxygens (including phenoxy) is 2. The van der Waals surface area contributed by atoms with E-state index >= 15 is 0 Å². The van der Waals surface area contributed by atoms with Gasteiger partial charge in [-0.2, -0.15) is 0 Å². The minimum Gasteiger partial charge on any atom is -0.507 e. The first-order chi connectivity index (χ1) is 16.8. The lowest BCUT2D eigenvalue weighted by Gasteiger charge is -2.26. The summed E-state index contributed by atoms with van der Waals surface area (Å²) in [4.78, 5) is 28.0. The number of halogens is 1. The number of hydrogen-bond acceptors (Lipinski definition) is 5. The normalized spacial score (nSPS) is 17.0. The molecule has 1 aliphatic rings. The number of amides is 1. The van der Waals surface area contributed by atoms with Gasteiger partial charge in [0.25, 0.3) is 11.7 Å². The molecular weight excluding hydrogens is 449 g/mol. The number of hydrogen-bond donors (Lipinski definition) is 1. The van der Waals surface area contributed by atoms with Gasteiger partial charge in [0.15, 0.2) is 11.5 Å². The Balaban J connectivity index is 1.92. The maximum Gasteiger partial charge on any atom is 0.300 e. The predicted molar refractivity (Wildman–Crippen MR) is 131 cm³/mol. The summed E-state index contributed by atoms with van der Waals surface area (Å²) >= 11 is 0. The van der Waals surface area contributed by atoms with Crippen molar-refractivity contribution in [2.75, 3.05) is 18.1 Å². The van der Waals surface area contributed by atoms with Crippen LogP contribution in [0.5, 0.6) is 11.5 Å². The van der Waals surface area contributed by atoms with Crippen LogP contribution in [0.3, 0.4) is 0 Å². The Morgan fingerprint density at radius 3 is 2.29 bits per heavy atom. The van der Waals surface area contributed by atoms with Gasteiger partial charge in [-0.05, 0) is 62.7 Å². The van der Waals surface area contributed by atoms with Crippen molar-refractivity contribution in [1.82, 2.24) is 0 Å². The second-order valence-electron chi connectivity index (χ2n) is 8.09. The highest BCUT2D eigenvalue weighted by atomic mass is 19.1. The van der Waals surface area contributed by atoms with Gasteiger partial charge in [-0.15, -0.1) is 0 Å². The maximum absolute atomic E-state index is 13.5. The molecule has 1 saturated heterocycles. The molecule has 4 rings (SSSR count). The van der Waals surface area contributed by atoms with E-state index in [0.717, 1.165) is 5.56 Å². The standard InChI is InChI=1S/C28H26FNO5/c1-4-34-22-14-13-21(16-23(22)35-5-2)30-25(19-8-6-7-17(3)15-19)24(27(32)28(30)33)26(31)18-9-11-20(29)12-10-18/h6-16,25,31H,4-5H2,1-3H3/b26-24+. The summed E-state index contributed by atoms with van der Waals surface area (Å²) in [6.45, 7) is 6.41. The summed E-state index contributed by atoms with van der Waals surface area (Å²) in [6, 6.07) is 16.6. The van der Waals surface area contributed by atoms with Gasteiger partial charge in [-0.25, -0.2) is 4.39 Å². The van der Waals surface area contributed by atoms with Crippen LogP contribution in [0.15, 0.2) is 72.3 Å². The molecule has 0 spiro atoms. The molecule has 1 aliphatic heterocycles. The highest BCUT2D eigenvalue weighted by molar-refractivity contribution is 6.51. The van der Waals surface area contributed by atoms with Crippen LogP contribution < -0.4 is 14.4 Å². The van der Waals surface area contributed by atoms with Gasteiger partial charge in [0, 0.05) is 17.3 Å². The van der Waals surface area contributed by atoms with E-state index in [1.807, 2.05) is 39.0 Å². The third kappa shape index (κ3) is 4.62. The highest BCUT2D eigenvalue weighted by Crippen LogP contribution is 2.44. The average Bonchev–Trinajstić information content (AvgIpc) is 3.11. The number of Topliss-reactive ketones (excluding diaryl/α,β-unsaturated/α-hetero) is 1. The maximum atomic E-state index is 13.5. The fourth-order valence-electron chi connectivity index (χ4n) is 4.21. The lowest BCUT2D eigenvalue weighted by Crippen LogP contribution is -2.29. The molecule has 3 aromatic carbocycles. The summed E-state index contributed by atoms with van der Waals surface area (Å²) in [5, 5.41) is 11.1. The SMILES string of the molecule is CCOc1ccc(N2C(=O)C(=O)/C(=C(/O)c3ccc(F)cc3)C2c2cccc(C)c2)cc1OCC. The first-order valence-corrected chi connectivity index (χ1v) is 11.4. The van der Waals surface area contributed by atoms with Crippen molar-refractivity contribution in [2.24, 2.45) is 0 Å². The van der Waals surface area contributed by atoms with E-state index in [-0.39, 0.29) is 16.9 Å². The van der Waals surface area contributed by atoms with Gasteiger partial charge in [0.1, 0.15) is 11.6 Å². The Morgan fingerprint density at radius 1 is 0.943 bits per heavy atom. The van der Waals surface area contributed by atoms with Crippen LogP contribution in [0.4, 0.5) is 10.1 Å². The number of benzene rings is 3. The number of aryl methyl sites for hydroxylation is 1. The van der Waals surface area contributed by atoms with Crippen LogP contribution in [0, 0.1) is 12.7 Å². The van der Waals surface area contributed by atoms with Crippen LogP contribution in [0.1, 0.15) is 36.6 Å². The molecule has 35 heavy (non-hydrogen) atoms. The molecule has 1 heterocycles. The van der Waals surface area contributed by atoms with Crippen LogP contribution >= 0.6 is 0 Å². The summed E-state index contributed by atoms with van der Waals surface area (Å²) in [7, 11) is 0. The Bertz CT molecular complexity index is 1300. The number of anilines is 1. The second-order valence-corrected chi connectivity index (χ2v) is 8.09. The molecule has 1 unspecified atom stereocenters. The molecule has 180 valence electrons. The average molecular weight is 476 g/mol. The largest absolute Gasteiger partial charge is 0.507 e. The summed E-state index contributed by atoms with van der Waals surface area (Å²) in [5.74, 6) is -1.50. The van der Waals surface area contributed by atoms with Crippen molar-refractivity contribution in [3.8, 4) is 11.5 Å². The second kappa shape index (κ2) is 10.0. The van der Waals surface area contributed by atoms with Crippen molar-refractivity contribution >= 4 is 23.1 Å². The number of carbonyl (C=O) groups excluding carboxylic acids is 2. The predicted octanol–water partition coefficient (Wildman–Crippen LogP) is 5.56. The van der Waals surface area contributed by atoms with E-state index in [1.165, 1.54) is 29.2 Å². The Labute approximate surface area is 203 Å². The quantitative estimate of drug-likeness (QED) is 0.275. The molecule has 0 aromatic heterocycles. The Kier molecular flexibility index (Phi) is 6.87. The molecule has 0 radical (unpaired) electrons. The topological polar surface area (TPSA) is 76.1 Å². The molecule has 1 fully saturated rings. The zero-order valence-electron chi connectivity index (χ0n) is 19.7. The number of nitrogens with zero attached hydrogens (tertiary/aromatic N) is 1. The first-order valence-electron chi connectivity index (χ1n) is 11.4. The first kappa shape index (κ1) is 24.0. The fraction of sp³-hybridized carbons (Fsp3) is 0.214. The molecule has 7 heteroatoms. The molecular formula is C28H26FNO5. The number of aliphatic hydroxyl groups excluding tert-OH is 1. The minimum atomic E-state index is -0.896. The van der Waals surface area contributed by atoms with Crippen LogP contribution in [-0.4, -0.2) is 30.0 Å². The van der Waals surface area contributed by atoms with Gasteiger partial charge >= 0.3 is 0 Å². The van der Waals surface area contributed by atoms with E-state index in [9.17, 15) is 19.1 Å². The van der Waals surface area contributed by atoms with Crippen molar-refractivity contribution in [3.63, 3.8) is 0 Å². The molecule has 1 amide bonds. The fourth-order valence-corrected chi connectivity index (χ4v) is 4.21. The lowest BCUT2D eigenvalue weighted by atomic mass is 9.94. The molecule has 0 bridgehead atoms. The van der Waals surface area contributed by atoms with Crippen LogP contribution in [-0.2, 0) is 9.59 Å².